The fraction of sp³-hybridized carbons (Fsp3) is 0.158. The van der Waals surface area contributed by atoms with Gasteiger partial charge in [0, 0.05) is 18.2 Å². The number of benzene rings is 2. The zero-order valence-corrected chi connectivity index (χ0v) is 15.7. The number of rotatable bonds is 4. The third-order valence-electron chi connectivity index (χ3n) is 4.22. The molecule has 0 amide bonds. The van der Waals surface area contributed by atoms with E-state index in [1.807, 2.05) is 37.4 Å². The molecule has 0 aliphatic rings. The molecule has 7 nitrogen and oxygen atoms in total. The molecule has 27 heavy (non-hydrogen) atoms. The number of hydrogen-bond acceptors (Lipinski definition) is 6. The van der Waals surface area contributed by atoms with Gasteiger partial charge in [-0.05, 0) is 12.1 Å². The van der Waals surface area contributed by atoms with Crippen LogP contribution in [0.4, 0.5) is 0 Å². The minimum Gasteiger partial charge on any atom is -0.477 e. The molecule has 4 aromatic rings. The number of fused-ring (bicyclic) bond motifs is 1. The lowest BCUT2D eigenvalue weighted by Gasteiger charge is -2.12. The number of ether oxygens (including phenoxy) is 2. The van der Waals surface area contributed by atoms with Crippen LogP contribution in [0.3, 0.4) is 0 Å². The van der Waals surface area contributed by atoms with Crippen LogP contribution in [0.2, 0.25) is 5.02 Å². The highest BCUT2D eigenvalue weighted by molar-refractivity contribution is 6.35. The summed E-state index contributed by atoms with van der Waals surface area (Å²) < 4.78 is 12.3. The summed E-state index contributed by atoms with van der Waals surface area (Å²) in [5, 5.41) is 9.05. The first-order valence-electron chi connectivity index (χ1n) is 8.17. The summed E-state index contributed by atoms with van der Waals surface area (Å²) in [5.41, 5.74) is 4.30. The molecule has 0 radical (unpaired) electrons. The van der Waals surface area contributed by atoms with Gasteiger partial charge in [-0.15, -0.1) is 5.10 Å². The topological polar surface area (TPSA) is 75.0 Å². The zero-order valence-electron chi connectivity index (χ0n) is 15.0. The summed E-state index contributed by atoms with van der Waals surface area (Å²) in [5.74, 6) is 0.592. The van der Waals surface area contributed by atoms with Gasteiger partial charge in [-0.3, -0.25) is 0 Å². The van der Waals surface area contributed by atoms with Crippen LogP contribution in [0.15, 0.2) is 42.5 Å². The second-order valence-electron chi connectivity index (χ2n) is 5.81. The number of halogens is 1. The van der Waals surface area contributed by atoms with Crippen molar-refractivity contribution in [3.63, 3.8) is 0 Å². The fourth-order valence-corrected chi connectivity index (χ4v) is 3.23. The van der Waals surface area contributed by atoms with E-state index in [0.717, 1.165) is 11.3 Å². The van der Waals surface area contributed by atoms with Gasteiger partial charge in [0.05, 0.1) is 30.5 Å². The number of aryl methyl sites for hydroxylation is 1. The van der Waals surface area contributed by atoms with E-state index in [4.69, 9.17) is 21.1 Å². The maximum absolute atomic E-state index is 6.59. The maximum atomic E-state index is 6.59. The Hall–Kier alpha value is -3.19. The molecule has 2 heterocycles. The van der Waals surface area contributed by atoms with Gasteiger partial charge in [0.25, 0.3) is 11.8 Å². The Morgan fingerprint density at radius 3 is 2.33 bits per heavy atom. The summed E-state index contributed by atoms with van der Waals surface area (Å²) in [6.45, 7) is 0. The number of nitrogens with zero attached hydrogens (tertiary/aromatic N) is 5. The zero-order chi connectivity index (χ0) is 19.0. The molecule has 0 saturated heterocycles. The van der Waals surface area contributed by atoms with Crippen molar-refractivity contribution >= 4 is 22.6 Å². The molecule has 2 aromatic carbocycles. The van der Waals surface area contributed by atoms with Crippen molar-refractivity contribution in [2.24, 2.45) is 7.05 Å². The summed E-state index contributed by atoms with van der Waals surface area (Å²) in [6, 6.07) is 13.4. The van der Waals surface area contributed by atoms with Gasteiger partial charge in [-0.2, -0.15) is 0 Å². The van der Waals surface area contributed by atoms with Crippen molar-refractivity contribution in [3.05, 3.63) is 47.5 Å². The lowest BCUT2D eigenvalue weighted by molar-refractivity contribution is 0.334. The molecule has 0 unspecified atom stereocenters. The van der Waals surface area contributed by atoms with Gasteiger partial charge in [0.1, 0.15) is 11.2 Å². The molecule has 0 fully saturated rings. The maximum Gasteiger partial charge on any atom is 0.278 e. The minimum absolute atomic E-state index is 0.282. The number of methoxy groups -OCH3 is 2. The molecule has 0 N–H and O–H groups in total. The fourth-order valence-electron chi connectivity index (χ4n) is 2.98. The van der Waals surface area contributed by atoms with Crippen molar-refractivity contribution in [1.29, 1.82) is 0 Å². The van der Waals surface area contributed by atoms with Crippen molar-refractivity contribution in [2.45, 2.75) is 0 Å². The van der Waals surface area contributed by atoms with Crippen LogP contribution >= 0.6 is 11.6 Å². The average Bonchev–Trinajstić information content (AvgIpc) is 3.08. The Balaban J connectivity index is 2.06. The van der Waals surface area contributed by atoms with Crippen molar-refractivity contribution in [1.82, 2.24) is 25.0 Å². The van der Waals surface area contributed by atoms with Crippen LogP contribution in [-0.4, -0.2) is 39.2 Å². The first kappa shape index (κ1) is 17.2. The highest BCUT2D eigenvalue weighted by atomic mass is 35.5. The molecule has 4 rings (SSSR count). The lowest BCUT2D eigenvalue weighted by atomic mass is 10.0. The third-order valence-corrected chi connectivity index (χ3v) is 4.54. The van der Waals surface area contributed by atoms with Crippen LogP contribution in [0.5, 0.6) is 11.8 Å². The standard InChI is InChI=1S/C19H16ClN5O2/c1-25-17(15(23-24-25)11-7-5-4-6-8-11)14-12(20)9-10-13-16(14)22-19(27-3)18(21-13)26-2/h4-10H,1-3H3. The van der Waals surface area contributed by atoms with Crippen LogP contribution in [0, 0.1) is 0 Å². The largest absolute Gasteiger partial charge is 0.477 e. The van der Waals surface area contributed by atoms with E-state index < -0.39 is 0 Å². The summed E-state index contributed by atoms with van der Waals surface area (Å²) in [7, 11) is 4.86. The van der Waals surface area contributed by atoms with E-state index in [-0.39, 0.29) is 5.88 Å². The summed E-state index contributed by atoms with van der Waals surface area (Å²) in [6.07, 6.45) is 0. The SMILES string of the molecule is COc1nc2ccc(Cl)c(-c3c(-c4ccccc4)nnn3C)c2nc1OC. The van der Waals surface area contributed by atoms with Gasteiger partial charge < -0.3 is 9.47 Å². The van der Waals surface area contributed by atoms with Crippen LogP contribution in [0.1, 0.15) is 0 Å². The summed E-state index contributed by atoms with van der Waals surface area (Å²) >= 11 is 6.59. The smallest absolute Gasteiger partial charge is 0.278 e. The Bertz CT molecular complexity index is 1130. The Kier molecular flexibility index (Phi) is 4.37. The van der Waals surface area contributed by atoms with E-state index in [1.54, 1.807) is 16.8 Å². The molecule has 0 spiro atoms. The van der Waals surface area contributed by atoms with E-state index in [0.29, 0.717) is 33.2 Å². The van der Waals surface area contributed by atoms with Crippen LogP contribution in [-0.2, 0) is 7.05 Å². The third kappa shape index (κ3) is 2.86. The van der Waals surface area contributed by atoms with E-state index >= 15 is 0 Å². The minimum atomic E-state index is 0.282. The molecule has 0 aliphatic carbocycles. The molecular formula is C19H16ClN5O2. The predicted molar refractivity (Wildman–Crippen MR) is 103 cm³/mol. The lowest BCUT2D eigenvalue weighted by Crippen LogP contribution is -2.01. The monoisotopic (exact) mass is 381 g/mol. The summed E-state index contributed by atoms with van der Waals surface area (Å²) in [4.78, 5) is 9.08. The first-order chi connectivity index (χ1) is 13.1. The number of aromatic nitrogens is 5. The molecule has 0 saturated carbocycles. The Morgan fingerprint density at radius 1 is 0.926 bits per heavy atom. The van der Waals surface area contributed by atoms with E-state index in [1.165, 1.54) is 14.2 Å². The van der Waals surface area contributed by atoms with Gasteiger partial charge in [0.2, 0.25) is 0 Å². The molecule has 0 aliphatic heterocycles. The predicted octanol–water partition coefficient (Wildman–Crippen LogP) is 3.76. The Morgan fingerprint density at radius 2 is 1.63 bits per heavy atom. The van der Waals surface area contributed by atoms with Gasteiger partial charge in [-0.25, -0.2) is 14.6 Å². The molecule has 8 heteroatoms. The molecule has 2 aromatic heterocycles. The average molecular weight is 382 g/mol. The van der Waals surface area contributed by atoms with Gasteiger partial charge in [0.15, 0.2) is 0 Å². The molecular weight excluding hydrogens is 366 g/mol. The van der Waals surface area contributed by atoms with Gasteiger partial charge in [-0.1, -0.05) is 47.1 Å². The quantitative estimate of drug-likeness (QED) is 0.535. The van der Waals surface area contributed by atoms with Crippen molar-refractivity contribution in [2.75, 3.05) is 14.2 Å². The highest BCUT2D eigenvalue weighted by Crippen LogP contribution is 2.39. The van der Waals surface area contributed by atoms with Crippen molar-refractivity contribution in [3.8, 4) is 34.3 Å². The molecule has 0 atom stereocenters. The Labute approximate surface area is 160 Å². The van der Waals surface area contributed by atoms with Crippen LogP contribution < -0.4 is 9.47 Å². The highest BCUT2D eigenvalue weighted by Gasteiger charge is 2.22. The van der Waals surface area contributed by atoms with E-state index in [2.05, 4.69) is 20.3 Å². The van der Waals surface area contributed by atoms with E-state index in [9.17, 15) is 0 Å². The molecule has 0 bridgehead atoms. The normalized spacial score (nSPS) is 11.0. The number of hydrogen-bond donors (Lipinski definition) is 0. The van der Waals surface area contributed by atoms with Gasteiger partial charge >= 0.3 is 0 Å². The second kappa shape index (κ2) is 6.85. The second-order valence-corrected chi connectivity index (χ2v) is 6.22. The van der Waals surface area contributed by atoms with Crippen LogP contribution in [0.25, 0.3) is 33.5 Å². The molecule has 136 valence electrons. The first-order valence-corrected chi connectivity index (χ1v) is 8.55. The van der Waals surface area contributed by atoms with Crippen molar-refractivity contribution < 1.29 is 9.47 Å².